The number of nitrogens with zero attached hydrogens (tertiary/aromatic N) is 1. The van der Waals surface area contributed by atoms with E-state index in [4.69, 9.17) is 0 Å². The first kappa shape index (κ1) is 19.7. The number of likely N-dealkylation sites (tertiary alicyclic amines) is 1. The van der Waals surface area contributed by atoms with Gasteiger partial charge in [0.25, 0.3) is 0 Å². The molecule has 3 amide bonds. The van der Waals surface area contributed by atoms with Gasteiger partial charge >= 0.3 is 6.03 Å². The van der Waals surface area contributed by atoms with Crippen LogP contribution in [0.2, 0.25) is 0 Å². The summed E-state index contributed by atoms with van der Waals surface area (Å²) in [7, 11) is 0. The Kier molecular flexibility index (Phi) is 7.13. The van der Waals surface area contributed by atoms with Crippen LogP contribution in [-0.4, -0.2) is 29.9 Å². The lowest BCUT2D eigenvalue weighted by molar-refractivity contribution is -0.121. The van der Waals surface area contributed by atoms with Gasteiger partial charge < -0.3 is 15.5 Å². The molecule has 2 fully saturated rings. The maximum atomic E-state index is 12.6. The van der Waals surface area contributed by atoms with Gasteiger partial charge in [0.05, 0.1) is 0 Å². The van der Waals surface area contributed by atoms with Crippen molar-refractivity contribution in [1.82, 2.24) is 4.90 Å². The van der Waals surface area contributed by atoms with Crippen LogP contribution in [0.1, 0.15) is 64.7 Å². The summed E-state index contributed by atoms with van der Waals surface area (Å²) in [5.41, 5.74) is 1.49. The van der Waals surface area contributed by atoms with Gasteiger partial charge in [-0.1, -0.05) is 32.3 Å². The molecule has 0 radical (unpaired) electrons. The highest BCUT2D eigenvalue weighted by Crippen LogP contribution is 2.32. The van der Waals surface area contributed by atoms with Crippen molar-refractivity contribution in [3.05, 3.63) is 24.3 Å². The summed E-state index contributed by atoms with van der Waals surface area (Å²) in [5.74, 6) is 1.04. The number of urea groups is 1. The van der Waals surface area contributed by atoms with Crippen molar-refractivity contribution in [2.24, 2.45) is 11.8 Å². The van der Waals surface area contributed by atoms with Crippen molar-refractivity contribution in [3.63, 3.8) is 0 Å². The Bertz CT molecular complexity index is 632. The Labute approximate surface area is 162 Å². The van der Waals surface area contributed by atoms with E-state index in [1.54, 1.807) is 0 Å². The Morgan fingerprint density at radius 2 is 1.70 bits per heavy atom. The zero-order chi connectivity index (χ0) is 19.1. The summed E-state index contributed by atoms with van der Waals surface area (Å²) in [6, 6.07) is 7.41. The minimum atomic E-state index is -0.0543. The Hall–Kier alpha value is -2.04. The van der Waals surface area contributed by atoms with Crippen molar-refractivity contribution in [3.8, 4) is 0 Å². The lowest BCUT2D eigenvalue weighted by Gasteiger charge is -2.27. The number of carbonyl (C=O) groups is 2. The number of rotatable bonds is 6. The van der Waals surface area contributed by atoms with E-state index in [1.807, 2.05) is 29.2 Å². The fraction of sp³-hybridized carbons (Fsp3) is 0.636. The van der Waals surface area contributed by atoms with Gasteiger partial charge in [-0.05, 0) is 62.6 Å². The second-order valence-electron chi connectivity index (χ2n) is 8.05. The normalized spacial score (nSPS) is 22.5. The number of nitrogens with one attached hydrogen (secondary N) is 2. The minimum absolute atomic E-state index is 0.0543. The fourth-order valence-corrected chi connectivity index (χ4v) is 4.25. The van der Waals surface area contributed by atoms with Gasteiger partial charge in [0.15, 0.2) is 0 Å². The molecular formula is C22H33N3O2. The van der Waals surface area contributed by atoms with E-state index in [0.717, 1.165) is 56.1 Å². The van der Waals surface area contributed by atoms with Crippen molar-refractivity contribution in [2.45, 2.75) is 64.7 Å². The molecule has 5 nitrogen and oxygen atoms in total. The average Bonchev–Trinajstić information content (AvgIpc) is 3.22. The summed E-state index contributed by atoms with van der Waals surface area (Å²) in [6.45, 7) is 3.88. The lowest BCUT2D eigenvalue weighted by Crippen LogP contribution is -2.32. The molecule has 0 bridgehead atoms. The van der Waals surface area contributed by atoms with Crippen molar-refractivity contribution >= 4 is 23.3 Å². The van der Waals surface area contributed by atoms with Crippen molar-refractivity contribution < 1.29 is 9.59 Å². The number of amides is 3. The highest BCUT2D eigenvalue weighted by atomic mass is 16.2. The van der Waals surface area contributed by atoms with Crippen molar-refractivity contribution in [2.75, 3.05) is 23.7 Å². The van der Waals surface area contributed by atoms with Crippen LogP contribution in [0.3, 0.4) is 0 Å². The number of unbranched alkanes of at least 4 members (excludes halogenated alkanes) is 1. The summed E-state index contributed by atoms with van der Waals surface area (Å²) in [6.07, 6.45) is 10.3. The molecule has 1 aliphatic heterocycles. The zero-order valence-corrected chi connectivity index (χ0v) is 16.5. The van der Waals surface area contributed by atoms with Crippen LogP contribution < -0.4 is 10.6 Å². The molecule has 1 heterocycles. The molecule has 1 saturated heterocycles. The highest BCUT2D eigenvalue weighted by Gasteiger charge is 2.26. The minimum Gasteiger partial charge on any atom is -0.326 e. The Morgan fingerprint density at radius 1 is 1.04 bits per heavy atom. The maximum Gasteiger partial charge on any atom is 0.321 e. The molecule has 1 aromatic rings. The Balaban J connectivity index is 1.49. The largest absolute Gasteiger partial charge is 0.326 e. The predicted octanol–water partition coefficient (Wildman–Crippen LogP) is 5.25. The topological polar surface area (TPSA) is 61.4 Å². The second-order valence-corrected chi connectivity index (χ2v) is 8.05. The molecule has 0 aromatic heterocycles. The molecule has 1 aliphatic carbocycles. The molecule has 5 heteroatoms. The van der Waals surface area contributed by atoms with Gasteiger partial charge in [0, 0.05) is 30.4 Å². The van der Waals surface area contributed by atoms with Gasteiger partial charge in [0.2, 0.25) is 5.91 Å². The molecule has 2 aliphatic rings. The van der Waals surface area contributed by atoms with Crippen LogP contribution >= 0.6 is 0 Å². The smallest absolute Gasteiger partial charge is 0.321 e. The average molecular weight is 372 g/mol. The van der Waals surface area contributed by atoms with Crippen LogP contribution in [-0.2, 0) is 4.79 Å². The monoisotopic (exact) mass is 371 g/mol. The third-order valence-corrected chi connectivity index (χ3v) is 5.96. The lowest BCUT2D eigenvalue weighted by atomic mass is 9.79. The summed E-state index contributed by atoms with van der Waals surface area (Å²) < 4.78 is 0. The highest BCUT2D eigenvalue weighted by molar-refractivity contribution is 5.94. The zero-order valence-electron chi connectivity index (χ0n) is 16.5. The molecule has 0 atom stereocenters. The number of carbonyl (C=O) groups excluding carboxylic acids is 2. The van der Waals surface area contributed by atoms with E-state index < -0.39 is 0 Å². The molecule has 1 aromatic carbocycles. The van der Waals surface area contributed by atoms with Crippen molar-refractivity contribution in [1.29, 1.82) is 0 Å². The first-order chi connectivity index (χ1) is 13.2. The molecule has 0 spiro atoms. The third kappa shape index (κ3) is 5.72. The van der Waals surface area contributed by atoms with Gasteiger partial charge in [-0.3, -0.25) is 4.79 Å². The SMILES string of the molecule is CCCCC1CCC(C(=O)Nc2cccc(NC(=O)N3CCCC3)c2)CC1. The van der Waals surface area contributed by atoms with E-state index in [2.05, 4.69) is 17.6 Å². The number of anilines is 2. The maximum absolute atomic E-state index is 12.6. The van der Waals surface area contributed by atoms with E-state index in [-0.39, 0.29) is 17.9 Å². The molecule has 3 rings (SSSR count). The second kappa shape index (κ2) is 9.77. The Morgan fingerprint density at radius 3 is 2.37 bits per heavy atom. The van der Waals surface area contributed by atoms with E-state index in [9.17, 15) is 9.59 Å². The summed E-state index contributed by atoms with van der Waals surface area (Å²) in [5, 5.41) is 5.99. The predicted molar refractivity (Wildman–Crippen MR) is 110 cm³/mol. The van der Waals surface area contributed by atoms with Gasteiger partial charge in [-0.15, -0.1) is 0 Å². The van der Waals surface area contributed by atoms with E-state index >= 15 is 0 Å². The molecule has 2 N–H and O–H groups in total. The third-order valence-electron chi connectivity index (χ3n) is 5.96. The molecule has 27 heavy (non-hydrogen) atoms. The summed E-state index contributed by atoms with van der Waals surface area (Å²) >= 11 is 0. The van der Waals surface area contributed by atoms with Crippen LogP contribution in [0.5, 0.6) is 0 Å². The number of benzene rings is 1. The first-order valence-corrected chi connectivity index (χ1v) is 10.6. The molecule has 0 unspecified atom stereocenters. The van der Waals surface area contributed by atoms with Gasteiger partial charge in [-0.25, -0.2) is 4.79 Å². The standard InChI is InChI=1S/C22H33N3O2/c1-2-3-7-17-10-12-18(13-11-17)21(26)23-19-8-6-9-20(16-19)24-22(27)25-14-4-5-15-25/h6,8-9,16-18H,2-5,7,10-15H2,1H3,(H,23,26)(H,24,27). The van der Waals surface area contributed by atoms with Crippen LogP contribution in [0.4, 0.5) is 16.2 Å². The van der Waals surface area contributed by atoms with Gasteiger partial charge in [-0.2, -0.15) is 0 Å². The van der Waals surface area contributed by atoms with Crippen LogP contribution in [0, 0.1) is 11.8 Å². The van der Waals surface area contributed by atoms with Gasteiger partial charge in [0.1, 0.15) is 0 Å². The molecule has 1 saturated carbocycles. The van der Waals surface area contributed by atoms with Crippen LogP contribution in [0.15, 0.2) is 24.3 Å². The molecule has 148 valence electrons. The first-order valence-electron chi connectivity index (χ1n) is 10.6. The summed E-state index contributed by atoms with van der Waals surface area (Å²) in [4.78, 5) is 26.7. The number of hydrogen-bond donors (Lipinski definition) is 2. The molecular weight excluding hydrogens is 338 g/mol. The quantitative estimate of drug-likeness (QED) is 0.717. The fourth-order valence-electron chi connectivity index (χ4n) is 4.25. The van der Waals surface area contributed by atoms with Crippen LogP contribution in [0.25, 0.3) is 0 Å². The van der Waals surface area contributed by atoms with E-state index in [0.29, 0.717) is 0 Å². The van der Waals surface area contributed by atoms with E-state index in [1.165, 1.54) is 32.1 Å². The number of hydrogen-bond acceptors (Lipinski definition) is 2.